The molecular formula is C13H11ClN2S. The third-order valence-electron chi connectivity index (χ3n) is 2.73. The summed E-state index contributed by atoms with van der Waals surface area (Å²) < 4.78 is 2.20. The quantitative estimate of drug-likeness (QED) is 0.680. The van der Waals surface area contributed by atoms with Gasteiger partial charge in [0.2, 0.25) is 0 Å². The maximum atomic E-state index is 6.03. The van der Waals surface area contributed by atoms with Crippen molar-refractivity contribution < 1.29 is 0 Å². The fourth-order valence-electron chi connectivity index (χ4n) is 1.94. The molecule has 1 aromatic carbocycles. The number of thiazole rings is 1. The summed E-state index contributed by atoms with van der Waals surface area (Å²) in [5.74, 6) is 0. The average Bonchev–Trinajstić information content (AvgIpc) is 2.87. The summed E-state index contributed by atoms with van der Waals surface area (Å²) in [4.78, 5) is 5.54. The van der Waals surface area contributed by atoms with Crippen LogP contribution in [0.25, 0.3) is 10.9 Å². The molecule has 4 heteroatoms. The second-order valence-corrected chi connectivity index (χ2v) is 5.75. The van der Waals surface area contributed by atoms with Crippen molar-refractivity contribution in [3.05, 3.63) is 51.6 Å². The highest BCUT2D eigenvalue weighted by Gasteiger charge is 2.04. The Morgan fingerprint density at radius 1 is 1.35 bits per heavy atom. The number of nitrogens with zero attached hydrogens (tertiary/aromatic N) is 2. The molecule has 0 amide bonds. The van der Waals surface area contributed by atoms with E-state index in [2.05, 4.69) is 21.8 Å². The van der Waals surface area contributed by atoms with Crippen LogP contribution in [0.4, 0.5) is 0 Å². The molecule has 2 nitrogen and oxygen atoms in total. The maximum absolute atomic E-state index is 6.03. The van der Waals surface area contributed by atoms with Gasteiger partial charge in [0.1, 0.15) is 0 Å². The molecule has 0 unspecified atom stereocenters. The third kappa shape index (κ3) is 2.08. The van der Waals surface area contributed by atoms with Crippen LogP contribution in [0.1, 0.15) is 9.88 Å². The Bertz CT molecular complexity index is 669. The highest BCUT2D eigenvalue weighted by molar-refractivity contribution is 7.11. The van der Waals surface area contributed by atoms with E-state index < -0.39 is 0 Å². The number of fused-ring (bicyclic) bond motifs is 1. The van der Waals surface area contributed by atoms with E-state index >= 15 is 0 Å². The first-order valence-electron chi connectivity index (χ1n) is 5.38. The molecular weight excluding hydrogens is 252 g/mol. The van der Waals surface area contributed by atoms with Gasteiger partial charge in [-0.05, 0) is 30.5 Å². The van der Waals surface area contributed by atoms with E-state index in [1.807, 2.05) is 31.3 Å². The summed E-state index contributed by atoms with van der Waals surface area (Å²) in [6.45, 7) is 2.88. The van der Waals surface area contributed by atoms with E-state index in [1.165, 1.54) is 15.8 Å². The minimum atomic E-state index is 0.776. The van der Waals surface area contributed by atoms with Crippen molar-refractivity contribution in [2.75, 3.05) is 0 Å². The second-order valence-electron chi connectivity index (χ2n) is 3.99. The van der Waals surface area contributed by atoms with Crippen LogP contribution >= 0.6 is 22.9 Å². The summed E-state index contributed by atoms with van der Waals surface area (Å²) in [7, 11) is 0. The van der Waals surface area contributed by atoms with E-state index in [-0.39, 0.29) is 0 Å². The highest BCUT2D eigenvalue weighted by atomic mass is 35.5. The molecule has 0 radical (unpaired) electrons. The Labute approximate surface area is 108 Å². The number of hydrogen-bond acceptors (Lipinski definition) is 2. The third-order valence-corrected chi connectivity index (χ3v) is 3.86. The molecule has 0 saturated carbocycles. The number of aromatic nitrogens is 2. The zero-order valence-corrected chi connectivity index (χ0v) is 10.9. The van der Waals surface area contributed by atoms with Gasteiger partial charge in [0.15, 0.2) is 0 Å². The minimum absolute atomic E-state index is 0.776. The molecule has 3 aromatic rings. The molecule has 0 N–H and O–H groups in total. The summed E-state index contributed by atoms with van der Waals surface area (Å²) in [6.07, 6.45) is 4.03. The van der Waals surface area contributed by atoms with Crippen molar-refractivity contribution >= 4 is 33.8 Å². The maximum Gasteiger partial charge on any atom is 0.0897 e. The molecule has 2 aromatic heterocycles. The normalized spacial score (nSPS) is 11.2. The second kappa shape index (κ2) is 4.17. The molecule has 0 aliphatic rings. The van der Waals surface area contributed by atoms with E-state index in [4.69, 9.17) is 11.6 Å². The standard InChI is InChI=1S/C13H11ClN2S/c1-9-15-7-12(17-9)8-16-5-4-10-2-3-11(14)6-13(10)16/h2-7H,8H2,1H3. The first-order chi connectivity index (χ1) is 8.22. The molecule has 0 atom stereocenters. The molecule has 2 heterocycles. The largest absolute Gasteiger partial charge is 0.342 e. The van der Waals surface area contributed by atoms with Crippen molar-refractivity contribution in [2.24, 2.45) is 0 Å². The van der Waals surface area contributed by atoms with E-state index in [9.17, 15) is 0 Å². The molecule has 17 heavy (non-hydrogen) atoms. The van der Waals surface area contributed by atoms with Gasteiger partial charge in [-0.25, -0.2) is 4.98 Å². The lowest BCUT2D eigenvalue weighted by atomic mass is 10.2. The van der Waals surface area contributed by atoms with E-state index in [1.54, 1.807) is 11.3 Å². The SMILES string of the molecule is Cc1ncc(Cn2ccc3ccc(Cl)cc32)s1. The first kappa shape index (κ1) is 10.8. The molecule has 0 spiro atoms. The van der Waals surface area contributed by atoms with Crippen LogP contribution in [0, 0.1) is 6.92 Å². The van der Waals surface area contributed by atoms with Crippen molar-refractivity contribution in [2.45, 2.75) is 13.5 Å². The molecule has 3 rings (SSSR count). The molecule has 0 fully saturated rings. The highest BCUT2D eigenvalue weighted by Crippen LogP contribution is 2.22. The fraction of sp³-hybridized carbons (Fsp3) is 0.154. The summed E-state index contributed by atoms with van der Waals surface area (Å²) in [6, 6.07) is 8.08. The lowest BCUT2D eigenvalue weighted by Gasteiger charge is -2.03. The number of hydrogen-bond donors (Lipinski definition) is 0. The molecule has 86 valence electrons. The van der Waals surface area contributed by atoms with E-state index in [0.29, 0.717) is 0 Å². The van der Waals surface area contributed by atoms with E-state index in [0.717, 1.165) is 16.6 Å². The van der Waals surface area contributed by atoms with Crippen LogP contribution in [0.2, 0.25) is 5.02 Å². The molecule has 0 saturated heterocycles. The van der Waals surface area contributed by atoms with Crippen molar-refractivity contribution in [3.8, 4) is 0 Å². The number of halogens is 1. The van der Waals surface area contributed by atoms with Crippen LogP contribution in [-0.2, 0) is 6.54 Å². The van der Waals surface area contributed by atoms with Crippen LogP contribution in [0.3, 0.4) is 0 Å². The number of aryl methyl sites for hydroxylation is 1. The van der Waals surface area contributed by atoms with Crippen molar-refractivity contribution in [1.82, 2.24) is 9.55 Å². The van der Waals surface area contributed by atoms with Gasteiger partial charge in [-0.2, -0.15) is 0 Å². The van der Waals surface area contributed by atoms with Gasteiger partial charge in [-0.15, -0.1) is 11.3 Å². The summed E-state index contributed by atoms with van der Waals surface area (Å²) in [5, 5.41) is 3.10. The molecule has 0 aliphatic heterocycles. The van der Waals surface area contributed by atoms with Crippen molar-refractivity contribution in [3.63, 3.8) is 0 Å². The zero-order valence-electron chi connectivity index (χ0n) is 9.35. The monoisotopic (exact) mass is 262 g/mol. The Hall–Kier alpha value is -1.32. The van der Waals surface area contributed by atoms with Gasteiger partial charge < -0.3 is 4.57 Å². The van der Waals surface area contributed by atoms with Gasteiger partial charge in [0.05, 0.1) is 11.6 Å². The van der Waals surface area contributed by atoms with Crippen LogP contribution in [0.5, 0.6) is 0 Å². The van der Waals surface area contributed by atoms with Crippen molar-refractivity contribution in [1.29, 1.82) is 0 Å². The van der Waals surface area contributed by atoms with Crippen LogP contribution in [-0.4, -0.2) is 9.55 Å². The Morgan fingerprint density at radius 2 is 2.24 bits per heavy atom. The minimum Gasteiger partial charge on any atom is -0.342 e. The fourth-order valence-corrected chi connectivity index (χ4v) is 2.90. The zero-order chi connectivity index (χ0) is 11.8. The predicted molar refractivity (Wildman–Crippen MR) is 72.9 cm³/mol. The summed E-state index contributed by atoms with van der Waals surface area (Å²) in [5.41, 5.74) is 1.17. The Balaban J connectivity index is 2.03. The number of benzene rings is 1. The Kier molecular flexibility index (Phi) is 2.65. The lowest BCUT2D eigenvalue weighted by molar-refractivity contribution is 0.849. The molecule has 0 aliphatic carbocycles. The first-order valence-corrected chi connectivity index (χ1v) is 6.57. The predicted octanol–water partition coefficient (Wildman–Crippen LogP) is 4.11. The van der Waals surface area contributed by atoms with Gasteiger partial charge in [-0.3, -0.25) is 0 Å². The van der Waals surface area contributed by atoms with Gasteiger partial charge >= 0.3 is 0 Å². The van der Waals surface area contributed by atoms with Gasteiger partial charge in [-0.1, -0.05) is 17.7 Å². The number of rotatable bonds is 2. The lowest BCUT2D eigenvalue weighted by Crippen LogP contribution is -1.95. The Morgan fingerprint density at radius 3 is 3.00 bits per heavy atom. The smallest absolute Gasteiger partial charge is 0.0897 e. The molecule has 0 bridgehead atoms. The topological polar surface area (TPSA) is 17.8 Å². The van der Waals surface area contributed by atoms with Crippen LogP contribution < -0.4 is 0 Å². The van der Waals surface area contributed by atoms with Crippen LogP contribution in [0.15, 0.2) is 36.7 Å². The van der Waals surface area contributed by atoms with Gasteiger partial charge in [0.25, 0.3) is 0 Å². The summed E-state index contributed by atoms with van der Waals surface area (Å²) >= 11 is 7.77. The van der Waals surface area contributed by atoms with Gasteiger partial charge in [0, 0.05) is 27.8 Å². The average molecular weight is 263 g/mol.